The summed E-state index contributed by atoms with van der Waals surface area (Å²) in [5, 5.41) is 0. The van der Waals surface area contributed by atoms with Crippen LogP contribution >= 0.6 is 23.4 Å². The Balaban J connectivity index is 0. The van der Waals surface area contributed by atoms with E-state index in [4.69, 9.17) is 0 Å². The van der Waals surface area contributed by atoms with E-state index in [-0.39, 0.29) is 66.8 Å². The molecular formula is CH10FeLiPS. The zero-order valence-electron chi connectivity index (χ0n) is 1.56. The predicted molar refractivity (Wildman–Crippen MR) is 35.4 cm³/mol. The minimum atomic E-state index is 0. The molecule has 5 heavy (non-hydrogen) atoms. The molecule has 1 unspecified atom stereocenters. The number of rotatable bonds is 0. The monoisotopic (exact) mass is 148 g/mol. The van der Waals surface area contributed by atoms with Gasteiger partial charge in [-0.05, 0) is 0 Å². The summed E-state index contributed by atoms with van der Waals surface area (Å²) in [5.41, 5.74) is 0. The molecule has 0 aromatic carbocycles. The molecule has 0 aliphatic heterocycles. The van der Waals surface area contributed by atoms with Crippen LogP contribution in [0.5, 0.6) is 0 Å². The van der Waals surface area contributed by atoms with E-state index in [1.165, 1.54) is 0 Å². The van der Waals surface area contributed by atoms with Crippen LogP contribution in [0.1, 0.15) is 7.43 Å². The average Bonchev–Trinajstić information content (AvgIpc) is 0. The van der Waals surface area contributed by atoms with Crippen LogP contribution in [0.2, 0.25) is 0 Å². The molecule has 0 amide bonds. The maximum atomic E-state index is 0. The third kappa shape index (κ3) is 24.9. The van der Waals surface area contributed by atoms with E-state index in [0.717, 1.165) is 0 Å². The van der Waals surface area contributed by atoms with Gasteiger partial charge in [0.05, 0.1) is 0 Å². The standard InChI is InChI=1S/CH4.Fe.Li.H3P.H2S.H/h1H4;;;1H3;1H2;. The molecule has 0 aromatic rings. The molecule has 4 heteroatoms. The first-order valence-corrected chi connectivity index (χ1v) is 0. The summed E-state index contributed by atoms with van der Waals surface area (Å²) in [5.74, 6) is 0. The number of hydrogen-bond acceptors (Lipinski definition) is 0. The molecule has 0 bridgehead atoms. The fourth-order valence-corrected chi connectivity index (χ4v) is 0. The summed E-state index contributed by atoms with van der Waals surface area (Å²) < 4.78 is 0. The first-order valence-electron chi connectivity index (χ1n) is 0. The van der Waals surface area contributed by atoms with E-state index in [0.29, 0.717) is 0 Å². The summed E-state index contributed by atoms with van der Waals surface area (Å²) in [6.45, 7) is 0. The van der Waals surface area contributed by atoms with Gasteiger partial charge in [-0.2, -0.15) is 23.4 Å². The van der Waals surface area contributed by atoms with Crippen molar-refractivity contribution in [1.82, 2.24) is 0 Å². The molecule has 0 N–H and O–H groups in total. The zero-order valence-corrected chi connectivity index (χ0v) is 5.08. The first kappa shape index (κ1) is 66.7. The van der Waals surface area contributed by atoms with Crippen molar-refractivity contribution in [2.24, 2.45) is 0 Å². The van der Waals surface area contributed by atoms with Gasteiger partial charge in [0.15, 0.2) is 0 Å². The molecule has 0 rings (SSSR count). The Morgan fingerprint density at radius 1 is 1.00 bits per heavy atom. The van der Waals surface area contributed by atoms with Crippen LogP contribution in [-0.2, 0) is 17.1 Å². The third-order valence-corrected chi connectivity index (χ3v) is 0. The molecule has 0 heterocycles. The van der Waals surface area contributed by atoms with Crippen molar-refractivity contribution in [2.45, 2.75) is 7.43 Å². The van der Waals surface area contributed by atoms with Crippen molar-refractivity contribution in [3.63, 3.8) is 0 Å². The van der Waals surface area contributed by atoms with Crippen LogP contribution in [0.15, 0.2) is 0 Å². The molecule has 1 atom stereocenters. The van der Waals surface area contributed by atoms with Gasteiger partial charge in [-0.3, -0.25) is 0 Å². The molecule has 0 aliphatic carbocycles. The predicted octanol–water partition coefficient (Wildman–Crippen LogP) is 0.156. The van der Waals surface area contributed by atoms with Crippen LogP contribution in [0.25, 0.3) is 0 Å². The average molecular weight is 148 g/mol. The molecule has 0 aliphatic rings. The van der Waals surface area contributed by atoms with Gasteiger partial charge in [0.2, 0.25) is 0 Å². The fourth-order valence-electron chi connectivity index (χ4n) is 0. The number of hydrogen-bond donors (Lipinski definition) is 0. The third-order valence-electron chi connectivity index (χ3n) is 0. The van der Waals surface area contributed by atoms with E-state index in [1.807, 2.05) is 0 Å². The molecule has 0 spiro atoms. The van der Waals surface area contributed by atoms with Crippen LogP contribution in [0.3, 0.4) is 0 Å². The van der Waals surface area contributed by atoms with Gasteiger partial charge >= 0.3 is 18.9 Å². The topological polar surface area (TPSA) is 0 Å². The Bertz CT molecular complexity index is 11.6. The van der Waals surface area contributed by atoms with Crippen molar-refractivity contribution >= 4 is 42.3 Å². The van der Waals surface area contributed by atoms with E-state index in [2.05, 4.69) is 0 Å². The van der Waals surface area contributed by atoms with Crippen molar-refractivity contribution < 1.29 is 17.1 Å². The molecule has 0 aromatic heterocycles. The van der Waals surface area contributed by atoms with Gasteiger partial charge in [-0.15, -0.1) is 0 Å². The molecular weight excluding hydrogens is 138 g/mol. The van der Waals surface area contributed by atoms with Crippen molar-refractivity contribution in [1.29, 1.82) is 0 Å². The second-order valence-electron chi connectivity index (χ2n) is 0. The first-order chi connectivity index (χ1) is 0. The van der Waals surface area contributed by atoms with Crippen molar-refractivity contribution in [3.8, 4) is 0 Å². The Morgan fingerprint density at radius 2 is 1.00 bits per heavy atom. The molecule has 0 radical (unpaired) electrons. The van der Waals surface area contributed by atoms with Gasteiger partial charge in [-0.25, -0.2) is 0 Å². The van der Waals surface area contributed by atoms with E-state index >= 15 is 0 Å². The molecule has 0 fully saturated rings. The van der Waals surface area contributed by atoms with Gasteiger partial charge in [0.1, 0.15) is 0 Å². The summed E-state index contributed by atoms with van der Waals surface area (Å²) in [7, 11) is 0. The fraction of sp³-hybridized carbons (Fsp3) is 1.00. The zero-order chi connectivity index (χ0) is 0. The second kappa shape index (κ2) is 39.3. The maximum absolute atomic E-state index is 0. The van der Waals surface area contributed by atoms with E-state index < -0.39 is 0 Å². The Hall–Kier alpha value is 1.90. The Morgan fingerprint density at radius 3 is 1.00 bits per heavy atom. The molecule has 0 saturated carbocycles. The van der Waals surface area contributed by atoms with Crippen LogP contribution in [-0.4, -0.2) is 18.9 Å². The normalized spacial score (nSPS) is 0. The van der Waals surface area contributed by atoms with Crippen molar-refractivity contribution in [3.05, 3.63) is 0 Å². The summed E-state index contributed by atoms with van der Waals surface area (Å²) in [4.78, 5) is 0. The summed E-state index contributed by atoms with van der Waals surface area (Å²) >= 11 is 0. The van der Waals surface area contributed by atoms with Gasteiger partial charge < -0.3 is 0 Å². The van der Waals surface area contributed by atoms with Gasteiger partial charge in [-0.1, -0.05) is 7.43 Å². The van der Waals surface area contributed by atoms with Crippen LogP contribution in [0.4, 0.5) is 0 Å². The molecule has 0 nitrogen and oxygen atoms in total. The quantitative estimate of drug-likeness (QED) is 0.339. The second-order valence-corrected chi connectivity index (χ2v) is 0. The van der Waals surface area contributed by atoms with E-state index in [1.54, 1.807) is 0 Å². The Kier molecular flexibility index (Phi) is 524. The van der Waals surface area contributed by atoms with Crippen LogP contribution < -0.4 is 0 Å². The SMILES string of the molecule is C.P.S.[Fe].[LiH]. The van der Waals surface area contributed by atoms with E-state index in [9.17, 15) is 0 Å². The Labute approximate surface area is 66.6 Å². The van der Waals surface area contributed by atoms with Gasteiger partial charge in [0, 0.05) is 17.1 Å². The van der Waals surface area contributed by atoms with Crippen molar-refractivity contribution in [2.75, 3.05) is 0 Å². The van der Waals surface area contributed by atoms with Gasteiger partial charge in [0.25, 0.3) is 0 Å². The summed E-state index contributed by atoms with van der Waals surface area (Å²) in [6, 6.07) is 0. The molecule has 0 saturated heterocycles. The minimum absolute atomic E-state index is 0. The summed E-state index contributed by atoms with van der Waals surface area (Å²) in [6.07, 6.45) is 0. The molecule has 34 valence electrons. The van der Waals surface area contributed by atoms with Crippen LogP contribution in [0, 0.1) is 0 Å².